The molecule has 2 rings (SSSR count). The number of rotatable bonds is 8. The summed E-state index contributed by atoms with van der Waals surface area (Å²) in [6.07, 6.45) is 0.667. The normalized spacial score (nSPS) is 11.7. The van der Waals surface area contributed by atoms with E-state index in [9.17, 15) is 17.6 Å². The molecule has 0 atom stereocenters. The molecule has 1 amide bonds. The zero-order chi connectivity index (χ0) is 19.3. The van der Waals surface area contributed by atoms with Crippen LogP contribution in [-0.2, 0) is 21.4 Å². The highest BCUT2D eigenvalue weighted by molar-refractivity contribution is 9.11. The van der Waals surface area contributed by atoms with E-state index in [-0.39, 0.29) is 23.8 Å². The third-order valence-electron chi connectivity index (χ3n) is 3.83. The minimum atomic E-state index is -3.68. The van der Waals surface area contributed by atoms with Crippen molar-refractivity contribution in [2.45, 2.75) is 24.3 Å². The molecule has 1 aromatic carbocycles. The average molecular weight is 463 g/mol. The molecule has 0 N–H and O–H groups in total. The number of amides is 1. The summed E-state index contributed by atoms with van der Waals surface area (Å²) in [6, 6.07) is 8.60. The Bertz CT molecular complexity index is 853. The highest BCUT2D eigenvalue weighted by Crippen LogP contribution is 2.23. The van der Waals surface area contributed by atoms with E-state index in [0.29, 0.717) is 13.0 Å². The van der Waals surface area contributed by atoms with Crippen molar-refractivity contribution in [3.8, 4) is 0 Å². The van der Waals surface area contributed by atoms with Gasteiger partial charge in [-0.15, -0.1) is 11.3 Å². The lowest BCUT2D eigenvalue weighted by molar-refractivity contribution is -0.130. The maximum Gasteiger partial charge on any atom is 0.242 e. The second-order valence-corrected chi connectivity index (χ2v) is 10.4. The van der Waals surface area contributed by atoms with Crippen molar-refractivity contribution in [1.82, 2.24) is 9.21 Å². The topological polar surface area (TPSA) is 57.7 Å². The molecule has 26 heavy (non-hydrogen) atoms. The molecule has 0 unspecified atom stereocenters. The van der Waals surface area contributed by atoms with Gasteiger partial charge in [-0.05, 0) is 58.7 Å². The average Bonchev–Trinajstić information content (AvgIpc) is 2.99. The molecule has 0 bridgehead atoms. The van der Waals surface area contributed by atoms with Crippen LogP contribution in [0.25, 0.3) is 0 Å². The molecule has 0 spiro atoms. The van der Waals surface area contributed by atoms with Gasteiger partial charge in [0.2, 0.25) is 15.9 Å². The van der Waals surface area contributed by atoms with E-state index in [2.05, 4.69) is 15.9 Å². The first kappa shape index (κ1) is 21.0. The predicted molar refractivity (Wildman–Crippen MR) is 104 cm³/mol. The van der Waals surface area contributed by atoms with Crippen molar-refractivity contribution in [2.75, 3.05) is 20.6 Å². The van der Waals surface area contributed by atoms with E-state index in [1.165, 1.54) is 23.5 Å². The van der Waals surface area contributed by atoms with Gasteiger partial charge in [-0.25, -0.2) is 17.1 Å². The Morgan fingerprint density at radius 3 is 2.38 bits per heavy atom. The molecule has 142 valence electrons. The molecule has 0 aliphatic carbocycles. The standard InChI is InChI=1S/C17H20BrFN2O3S2/c1-20(12-14-7-10-16(18)25-14)17(22)4-3-11-21(2)26(23,24)15-8-5-13(19)6-9-15/h5-10H,3-4,11-12H2,1-2H3. The number of halogens is 2. The summed E-state index contributed by atoms with van der Waals surface area (Å²) in [7, 11) is -0.496. The van der Waals surface area contributed by atoms with E-state index in [0.717, 1.165) is 20.8 Å². The Morgan fingerprint density at radius 2 is 1.81 bits per heavy atom. The predicted octanol–water partition coefficient (Wildman–Crippen LogP) is 3.71. The summed E-state index contributed by atoms with van der Waals surface area (Å²) in [4.78, 5) is 14.9. The van der Waals surface area contributed by atoms with Gasteiger partial charge in [0.05, 0.1) is 15.2 Å². The van der Waals surface area contributed by atoms with E-state index >= 15 is 0 Å². The summed E-state index contributed by atoms with van der Waals surface area (Å²) < 4.78 is 40.0. The number of thiophene rings is 1. The lowest BCUT2D eigenvalue weighted by atomic mass is 10.2. The third kappa shape index (κ3) is 5.60. The Morgan fingerprint density at radius 1 is 1.15 bits per heavy atom. The molecule has 0 radical (unpaired) electrons. The first-order chi connectivity index (χ1) is 12.2. The minimum absolute atomic E-state index is 0.0353. The largest absolute Gasteiger partial charge is 0.341 e. The lowest BCUT2D eigenvalue weighted by Crippen LogP contribution is -2.30. The molecule has 2 aromatic rings. The first-order valence-electron chi connectivity index (χ1n) is 7.90. The highest BCUT2D eigenvalue weighted by atomic mass is 79.9. The van der Waals surface area contributed by atoms with Crippen molar-refractivity contribution in [3.63, 3.8) is 0 Å². The number of carbonyl (C=O) groups excluding carboxylic acids is 1. The fourth-order valence-electron chi connectivity index (χ4n) is 2.31. The molecule has 5 nitrogen and oxygen atoms in total. The van der Waals surface area contributed by atoms with Crippen molar-refractivity contribution in [2.24, 2.45) is 0 Å². The lowest BCUT2D eigenvalue weighted by Gasteiger charge is -2.19. The Labute approximate surface area is 165 Å². The summed E-state index contributed by atoms with van der Waals surface area (Å²) in [5.41, 5.74) is 0. The molecule has 9 heteroatoms. The molecular weight excluding hydrogens is 443 g/mol. The zero-order valence-electron chi connectivity index (χ0n) is 14.5. The zero-order valence-corrected chi connectivity index (χ0v) is 17.7. The summed E-state index contributed by atoms with van der Waals surface area (Å²) in [5, 5.41) is 0. The van der Waals surface area contributed by atoms with Gasteiger partial charge >= 0.3 is 0 Å². The molecule has 0 saturated carbocycles. The van der Waals surface area contributed by atoms with Crippen molar-refractivity contribution >= 4 is 43.2 Å². The van der Waals surface area contributed by atoms with Gasteiger partial charge in [0.1, 0.15) is 5.82 Å². The Kier molecular flexibility index (Phi) is 7.33. The van der Waals surface area contributed by atoms with Crippen LogP contribution >= 0.6 is 27.3 Å². The number of nitrogens with zero attached hydrogens (tertiary/aromatic N) is 2. The summed E-state index contributed by atoms with van der Waals surface area (Å²) >= 11 is 4.96. The van der Waals surface area contributed by atoms with Crippen molar-refractivity contribution < 1.29 is 17.6 Å². The van der Waals surface area contributed by atoms with Gasteiger partial charge in [0.25, 0.3) is 0 Å². The van der Waals surface area contributed by atoms with E-state index in [1.807, 2.05) is 12.1 Å². The molecular formula is C17H20BrFN2O3S2. The quantitative estimate of drug-likeness (QED) is 0.600. The second-order valence-electron chi connectivity index (χ2n) is 5.84. The van der Waals surface area contributed by atoms with Crippen LogP contribution in [0.1, 0.15) is 17.7 Å². The van der Waals surface area contributed by atoms with Gasteiger partial charge < -0.3 is 4.90 Å². The smallest absolute Gasteiger partial charge is 0.242 e. The maximum absolute atomic E-state index is 12.9. The van der Waals surface area contributed by atoms with Crippen molar-refractivity contribution in [1.29, 1.82) is 0 Å². The van der Waals surface area contributed by atoms with Crippen LogP contribution in [0.3, 0.4) is 0 Å². The summed E-state index contributed by atoms with van der Waals surface area (Å²) in [5.74, 6) is -0.528. The number of sulfonamides is 1. The molecule has 1 heterocycles. The first-order valence-corrected chi connectivity index (χ1v) is 10.9. The molecule has 0 saturated heterocycles. The van der Waals surface area contributed by atoms with Crippen LogP contribution < -0.4 is 0 Å². The fraction of sp³-hybridized carbons (Fsp3) is 0.353. The highest BCUT2D eigenvalue weighted by Gasteiger charge is 2.21. The van der Waals surface area contributed by atoms with Crippen LogP contribution in [0.2, 0.25) is 0 Å². The van der Waals surface area contributed by atoms with Crippen LogP contribution in [-0.4, -0.2) is 44.2 Å². The number of hydrogen-bond donors (Lipinski definition) is 0. The van der Waals surface area contributed by atoms with Gasteiger partial charge in [-0.3, -0.25) is 4.79 Å². The van der Waals surface area contributed by atoms with E-state index < -0.39 is 15.8 Å². The van der Waals surface area contributed by atoms with Crippen LogP contribution in [0.4, 0.5) is 4.39 Å². The number of hydrogen-bond acceptors (Lipinski definition) is 4. The van der Waals surface area contributed by atoms with Gasteiger partial charge in [0.15, 0.2) is 0 Å². The van der Waals surface area contributed by atoms with E-state index in [1.54, 1.807) is 23.3 Å². The fourth-order valence-corrected chi connectivity index (χ4v) is 5.06. The van der Waals surface area contributed by atoms with E-state index in [4.69, 9.17) is 0 Å². The third-order valence-corrected chi connectivity index (χ3v) is 7.31. The van der Waals surface area contributed by atoms with Crippen molar-refractivity contribution in [3.05, 3.63) is 50.9 Å². The molecule has 1 aromatic heterocycles. The van der Waals surface area contributed by atoms with Crippen LogP contribution in [0.15, 0.2) is 45.1 Å². The SMILES string of the molecule is CN(Cc1ccc(Br)s1)C(=O)CCCN(C)S(=O)(=O)c1ccc(F)cc1. The molecule has 0 aliphatic heterocycles. The minimum Gasteiger partial charge on any atom is -0.341 e. The maximum atomic E-state index is 12.9. The van der Waals surface area contributed by atoms with Gasteiger partial charge in [0, 0.05) is 31.9 Å². The Hall–Kier alpha value is -1.29. The van der Waals surface area contributed by atoms with Gasteiger partial charge in [-0.1, -0.05) is 0 Å². The van der Waals surface area contributed by atoms with Crippen LogP contribution in [0.5, 0.6) is 0 Å². The summed E-state index contributed by atoms with van der Waals surface area (Å²) in [6.45, 7) is 0.739. The second kappa shape index (κ2) is 9.07. The molecule has 0 aliphatic rings. The monoisotopic (exact) mass is 462 g/mol. The molecule has 0 fully saturated rings. The Balaban J connectivity index is 1.84. The number of benzene rings is 1. The number of carbonyl (C=O) groups is 1. The van der Waals surface area contributed by atoms with Gasteiger partial charge in [-0.2, -0.15) is 0 Å². The van der Waals surface area contributed by atoms with Crippen LogP contribution in [0, 0.1) is 5.82 Å².